The number of nitrogens with one attached hydrogen (secondary N) is 1. The first kappa shape index (κ1) is 16.7. The Balaban J connectivity index is 1.67. The summed E-state index contributed by atoms with van der Waals surface area (Å²) < 4.78 is 19.0. The van der Waals surface area contributed by atoms with Crippen LogP contribution in [0.2, 0.25) is 0 Å². The number of hydrogen-bond acceptors (Lipinski definition) is 4. The highest BCUT2D eigenvalue weighted by atomic mass is 19.1. The molecule has 0 atom stereocenters. The summed E-state index contributed by atoms with van der Waals surface area (Å²) in [6.45, 7) is 0. The predicted octanol–water partition coefficient (Wildman–Crippen LogP) is 4.40. The van der Waals surface area contributed by atoms with Crippen molar-refractivity contribution >= 4 is 23.0 Å². The van der Waals surface area contributed by atoms with Crippen LogP contribution in [-0.4, -0.2) is 17.1 Å². The first-order valence-electron chi connectivity index (χ1n) is 8.24. The zero-order chi connectivity index (χ0) is 18.6. The Morgan fingerprint density at radius 2 is 1.89 bits per heavy atom. The molecule has 1 amide bonds. The first-order chi connectivity index (χ1) is 13.2. The van der Waals surface area contributed by atoms with E-state index < -0.39 is 11.7 Å². The summed E-state index contributed by atoms with van der Waals surface area (Å²) in [6, 6.07) is 18.7. The van der Waals surface area contributed by atoms with E-state index in [9.17, 15) is 9.18 Å². The van der Waals surface area contributed by atoms with Crippen molar-refractivity contribution in [2.24, 2.45) is 5.10 Å². The minimum atomic E-state index is -0.422. The summed E-state index contributed by atoms with van der Waals surface area (Å²) in [5, 5.41) is 4.56. The van der Waals surface area contributed by atoms with Crippen LogP contribution in [0, 0.1) is 5.82 Å². The Bertz CT molecular complexity index is 1140. The van der Waals surface area contributed by atoms with E-state index in [2.05, 4.69) is 15.5 Å². The fraction of sp³-hybridized carbons (Fsp3) is 0. The van der Waals surface area contributed by atoms with Crippen LogP contribution < -0.4 is 5.43 Å². The molecule has 1 N–H and O–H groups in total. The van der Waals surface area contributed by atoms with E-state index in [0.29, 0.717) is 27.9 Å². The van der Waals surface area contributed by atoms with E-state index in [0.717, 1.165) is 0 Å². The van der Waals surface area contributed by atoms with Gasteiger partial charge < -0.3 is 4.42 Å². The van der Waals surface area contributed by atoms with Gasteiger partial charge in [-0.1, -0.05) is 36.4 Å². The summed E-state index contributed by atoms with van der Waals surface area (Å²) in [5.74, 6) is -0.274. The molecular formula is C21H14FN3O2. The Morgan fingerprint density at radius 3 is 2.70 bits per heavy atom. The highest BCUT2D eigenvalue weighted by Gasteiger charge is 2.14. The molecule has 0 aliphatic rings. The molecule has 0 spiro atoms. The van der Waals surface area contributed by atoms with Crippen LogP contribution in [0.25, 0.3) is 22.4 Å². The van der Waals surface area contributed by atoms with E-state index >= 15 is 0 Å². The lowest BCUT2D eigenvalue weighted by molar-refractivity contribution is 0.0956. The zero-order valence-corrected chi connectivity index (χ0v) is 14.1. The van der Waals surface area contributed by atoms with Crippen molar-refractivity contribution in [1.29, 1.82) is 0 Å². The molecule has 27 heavy (non-hydrogen) atoms. The number of benzene rings is 2. The number of rotatable bonds is 4. The molecule has 0 bridgehead atoms. The number of carbonyl (C=O) groups excluding carboxylic acids is 1. The number of pyridine rings is 1. The van der Waals surface area contributed by atoms with Crippen LogP contribution in [0.1, 0.15) is 15.9 Å². The van der Waals surface area contributed by atoms with Gasteiger partial charge in [0.1, 0.15) is 11.5 Å². The lowest BCUT2D eigenvalue weighted by Gasteiger charge is -2.07. The van der Waals surface area contributed by atoms with Gasteiger partial charge in [0.2, 0.25) is 0 Å². The number of aromatic nitrogens is 1. The van der Waals surface area contributed by atoms with E-state index in [4.69, 9.17) is 4.42 Å². The van der Waals surface area contributed by atoms with Crippen molar-refractivity contribution in [2.75, 3.05) is 0 Å². The molecule has 0 aliphatic heterocycles. The second-order valence-corrected chi connectivity index (χ2v) is 5.77. The van der Waals surface area contributed by atoms with Gasteiger partial charge in [-0.3, -0.25) is 4.79 Å². The zero-order valence-electron chi connectivity index (χ0n) is 14.1. The summed E-state index contributed by atoms with van der Waals surface area (Å²) in [6.07, 6.45) is 2.81. The molecule has 2 aromatic heterocycles. The van der Waals surface area contributed by atoms with Crippen molar-refractivity contribution in [1.82, 2.24) is 10.4 Å². The molecule has 0 aliphatic carbocycles. The number of hydrogen-bond donors (Lipinski definition) is 1. The number of halogens is 1. The molecule has 0 unspecified atom stereocenters. The average Bonchev–Trinajstić information content (AvgIpc) is 3.23. The minimum absolute atomic E-state index is 0.286. The van der Waals surface area contributed by atoms with Gasteiger partial charge >= 0.3 is 0 Å². The maximum Gasteiger partial charge on any atom is 0.272 e. The fourth-order valence-corrected chi connectivity index (χ4v) is 2.71. The quantitative estimate of drug-likeness (QED) is 0.434. The second-order valence-electron chi connectivity index (χ2n) is 5.77. The van der Waals surface area contributed by atoms with Gasteiger partial charge in [0.25, 0.3) is 5.91 Å². The Morgan fingerprint density at radius 1 is 1.07 bits per heavy atom. The fourth-order valence-electron chi connectivity index (χ4n) is 2.71. The number of hydrazone groups is 1. The summed E-state index contributed by atoms with van der Waals surface area (Å²) >= 11 is 0. The van der Waals surface area contributed by atoms with Crippen molar-refractivity contribution in [3.63, 3.8) is 0 Å². The van der Waals surface area contributed by atoms with Gasteiger partial charge in [0, 0.05) is 10.9 Å². The SMILES string of the molecule is O=C(N/N=C\c1ccccc1F)c1cc(-c2ccco2)nc2ccccc12. The van der Waals surface area contributed by atoms with Crippen LogP contribution >= 0.6 is 0 Å². The van der Waals surface area contributed by atoms with Gasteiger partial charge in [-0.05, 0) is 30.3 Å². The first-order valence-corrected chi connectivity index (χ1v) is 8.24. The highest BCUT2D eigenvalue weighted by molar-refractivity contribution is 6.07. The third-order valence-corrected chi connectivity index (χ3v) is 4.01. The maximum absolute atomic E-state index is 13.6. The molecule has 132 valence electrons. The molecule has 5 nitrogen and oxygen atoms in total. The van der Waals surface area contributed by atoms with Crippen molar-refractivity contribution in [2.45, 2.75) is 0 Å². The van der Waals surface area contributed by atoms with E-state index in [1.165, 1.54) is 12.3 Å². The van der Waals surface area contributed by atoms with Gasteiger partial charge in [0.15, 0.2) is 5.76 Å². The third-order valence-electron chi connectivity index (χ3n) is 4.01. The normalized spacial score (nSPS) is 11.1. The third kappa shape index (κ3) is 3.46. The molecule has 4 rings (SSSR count). The van der Waals surface area contributed by atoms with Crippen LogP contribution in [0.5, 0.6) is 0 Å². The van der Waals surface area contributed by atoms with Gasteiger partial charge in [-0.15, -0.1) is 0 Å². The van der Waals surface area contributed by atoms with E-state index in [1.54, 1.807) is 42.7 Å². The van der Waals surface area contributed by atoms with Crippen LogP contribution in [0.3, 0.4) is 0 Å². The Labute approximate surface area is 154 Å². The van der Waals surface area contributed by atoms with Crippen molar-refractivity contribution in [3.8, 4) is 11.5 Å². The lowest BCUT2D eigenvalue weighted by atomic mass is 10.1. The molecule has 4 aromatic rings. The number of amides is 1. The minimum Gasteiger partial charge on any atom is -0.463 e. The Hall–Kier alpha value is -3.80. The summed E-state index contributed by atoms with van der Waals surface area (Å²) in [5.41, 5.74) is 4.34. The van der Waals surface area contributed by atoms with E-state index in [1.807, 2.05) is 24.3 Å². The average molecular weight is 359 g/mol. The smallest absolute Gasteiger partial charge is 0.272 e. The number of nitrogens with zero attached hydrogens (tertiary/aromatic N) is 2. The molecule has 6 heteroatoms. The molecule has 0 saturated heterocycles. The molecule has 0 radical (unpaired) electrons. The standard InChI is InChI=1S/C21H14FN3O2/c22-17-8-3-1-6-14(17)13-23-25-21(26)16-12-19(20-10-5-11-27-20)24-18-9-4-2-7-15(16)18/h1-13H,(H,25,26)/b23-13-. The van der Waals surface area contributed by atoms with Crippen molar-refractivity contribution < 1.29 is 13.6 Å². The predicted molar refractivity (Wildman–Crippen MR) is 101 cm³/mol. The van der Waals surface area contributed by atoms with Crippen LogP contribution in [0.15, 0.2) is 82.5 Å². The van der Waals surface area contributed by atoms with Gasteiger partial charge in [-0.25, -0.2) is 14.8 Å². The molecule has 2 heterocycles. The molecular weight excluding hydrogens is 345 g/mol. The largest absolute Gasteiger partial charge is 0.463 e. The lowest BCUT2D eigenvalue weighted by Crippen LogP contribution is -2.18. The summed E-state index contributed by atoms with van der Waals surface area (Å²) in [4.78, 5) is 17.2. The number of fused-ring (bicyclic) bond motifs is 1. The molecule has 2 aromatic carbocycles. The van der Waals surface area contributed by atoms with Gasteiger partial charge in [-0.2, -0.15) is 5.10 Å². The Kier molecular flexibility index (Phi) is 4.45. The monoisotopic (exact) mass is 359 g/mol. The van der Waals surface area contributed by atoms with Crippen LogP contribution in [0.4, 0.5) is 4.39 Å². The molecule has 0 fully saturated rings. The summed E-state index contributed by atoms with van der Waals surface area (Å²) in [7, 11) is 0. The van der Waals surface area contributed by atoms with Crippen molar-refractivity contribution in [3.05, 3.63) is 89.9 Å². The topological polar surface area (TPSA) is 67.5 Å². The van der Waals surface area contributed by atoms with Gasteiger partial charge in [0.05, 0.1) is 23.6 Å². The number of para-hydroxylation sites is 1. The highest BCUT2D eigenvalue weighted by Crippen LogP contribution is 2.25. The molecule has 0 saturated carbocycles. The number of furan rings is 1. The van der Waals surface area contributed by atoms with E-state index in [-0.39, 0.29) is 5.56 Å². The number of carbonyl (C=O) groups is 1. The maximum atomic E-state index is 13.6. The second kappa shape index (κ2) is 7.21. The van der Waals surface area contributed by atoms with Crippen LogP contribution in [-0.2, 0) is 0 Å².